The number of nitriles is 1. The molecule has 0 radical (unpaired) electrons. The summed E-state index contributed by atoms with van der Waals surface area (Å²) in [4.78, 5) is 14.2. The highest BCUT2D eigenvalue weighted by Crippen LogP contribution is 2.37. The van der Waals surface area contributed by atoms with Gasteiger partial charge in [0, 0.05) is 23.5 Å². The number of amides is 2. The van der Waals surface area contributed by atoms with Gasteiger partial charge < -0.3 is 15.5 Å². The molecule has 5 nitrogen and oxygen atoms in total. The van der Waals surface area contributed by atoms with E-state index in [2.05, 4.69) is 22.9 Å². The summed E-state index contributed by atoms with van der Waals surface area (Å²) in [5.74, 6) is 0.323. The summed E-state index contributed by atoms with van der Waals surface area (Å²) in [6, 6.07) is 6.55. The molecule has 1 aromatic rings. The lowest BCUT2D eigenvalue weighted by atomic mass is 9.83. The zero-order valence-corrected chi connectivity index (χ0v) is 14.9. The second-order valence-corrected chi connectivity index (χ2v) is 7.87. The highest BCUT2D eigenvalue weighted by atomic mass is 35.5. The fourth-order valence-electron chi connectivity index (χ4n) is 4.81. The first-order chi connectivity index (χ1) is 12.2. The molecule has 2 fully saturated rings. The molecule has 0 aromatic heterocycles. The van der Waals surface area contributed by atoms with E-state index in [1.54, 1.807) is 0 Å². The molecule has 1 aromatic carbocycles. The molecule has 3 aliphatic rings. The maximum absolute atomic E-state index is 12.3. The molecule has 25 heavy (non-hydrogen) atoms. The summed E-state index contributed by atoms with van der Waals surface area (Å²) >= 11 is 6.15. The van der Waals surface area contributed by atoms with Crippen molar-refractivity contribution in [2.24, 2.45) is 0 Å². The number of hydrogen-bond acceptors (Lipinski definition) is 3. The third-order valence-electron chi connectivity index (χ3n) is 6.02. The molecule has 4 rings (SSSR count). The van der Waals surface area contributed by atoms with Crippen molar-refractivity contribution in [3.8, 4) is 6.19 Å². The zero-order chi connectivity index (χ0) is 17.4. The van der Waals surface area contributed by atoms with Gasteiger partial charge in [0.2, 0.25) is 0 Å². The lowest BCUT2D eigenvalue weighted by Crippen LogP contribution is -2.48. The Hall–Kier alpha value is -1.93. The van der Waals surface area contributed by atoms with E-state index < -0.39 is 0 Å². The molecule has 2 saturated heterocycles. The Morgan fingerprint density at radius 1 is 1.36 bits per heavy atom. The molecule has 6 heteroatoms. The lowest BCUT2D eigenvalue weighted by Gasteiger charge is -2.27. The van der Waals surface area contributed by atoms with Crippen LogP contribution >= 0.6 is 11.6 Å². The fraction of sp³-hybridized carbons (Fsp3) is 0.579. The summed E-state index contributed by atoms with van der Waals surface area (Å²) in [6.07, 6.45) is 8.53. The smallest absolute Gasteiger partial charge is 0.315 e. The number of nitrogens with one attached hydrogen (secondary N) is 2. The Morgan fingerprint density at radius 3 is 3.04 bits per heavy atom. The maximum atomic E-state index is 12.3. The molecule has 0 spiro atoms. The molecule has 0 saturated carbocycles. The van der Waals surface area contributed by atoms with Gasteiger partial charge in [-0.05, 0) is 61.8 Å². The number of rotatable bonds is 3. The van der Waals surface area contributed by atoms with Crippen molar-refractivity contribution in [1.29, 1.82) is 5.26 Å². The van der Waals surface area contributed by atoms with Gasteiger partial charge in [0.05, 0.1) is 12.1 Å². The van der Waals surface area contributed by atoms with Crippen LogP contribution in [0.3, 0.4) is 0 Å². The van der Waals surface area contributed by atoms with E-state index in [4.69, 9.17) is 11.6 Å². The molecule has 2 amide bonds. The lowest BCUT2D eigenvalue weighted by molar-refractivity contribution is 0.231. The highest BCUT2D eigenvalue weighted by molar-refractivity contribution is 6.30. The van der Waals surface area contributed by atoms with Crippen LogP contribution in [0.2, 0.25) is 5.02 Å². The van der Waals surface area contributed by atoms with Crippen LogP contribution in [0.1, 0.15) is 49.1 Å². The largest absolute Gasteiger partial charge is 0.338 e. The van der Waals surface area contributed by atoms with E-state index in [1.807, 2.05) is 17.0 Å². The molecule has 2 N–H and O–H groups in total. The van der Waals surface area contributed by atoms with Crippen molar-refractivity contribution in [2.75, 3.05) is 6.54 Å². The van der Waals surface area contributed by atoms with E-state index in [1.165, 1.54) is 11.1 Å². The third-order valence-corrected chi connectivity index (χ3v) is 6.26. The minimum absolute atomic E-state index is 0.0893. The van der Waals surface area contributed by atoms with Gasteiger partial charge in [-0.3, -0.25) is 0 Å². The van der Waals surface area contributed by atoms with Crippen molar-refractivity contribution in [2.45, 2.75) is 62.6 Å². The number of urea groups is 1. The van der Waals surface area contributed by atoms with E-state index in [0.29, 0.717) is 18.5 Å². The number of aryl methyl sites for hydroxylation is 1. The predicted molar refractivity (Wildman–Crippen MR) is 96.3 cm³/mol. The molecule has 2 bridgehead atoms. The van der Waals surface area contributed by atoms with Gasteiger partial charge in [-0.1, -0.05) is 17.7 Å². The first kappa shape index (κ1) is 16.5. The molecule has 1 aliphatic carbocycles. The molecular formula is C19H23ClN4O. The molecule has 4 atom stereocenters. The Bertz CT molecular complexity index is 716. The summed E-state index contributed by atoms with van der Waals surface area (Å²) in [6.45, 7) is 0.627. The van der Waals surface area contributed by atoms with Gasteiger partial charge in [0.25, 0.3) is 0 Å². The number of nitrogens with zero attached hydrogens (tertiary/aromatic N) is 2. The van der Waals surface area contributed by atoms with Crippen molar-refractivity contribution >= 4 is 17.6 Å². The average molecular weight is 359 g/mol. The highest BCUT2D eigenvalue weighted by Gasteiger charge is 2.46. The van der Waals surface area contributed by atoms with Gasteiger partial charge >= 0.3 is 6.03 Å². The second-order valence-electron chi connectivity index (χ2n) is 7.43. The minimum atomic E-state index is -0.121. The normalized spacial score (nSPS) is 29.8. The Balaban J connectivity index is 1.33. The van der Waals surface area contributed by atoms with Crippen LogP contribution in [0.25, 0.3) is 0 Å². The van der Waals surface area contributed by atoms with E-state index in [-0.39, 0.29) is 18.1 Å². The first-order valence-corrected chi connectivity index (χ1v) is 9.54. The van der Waals surface area contributed by atoms with Crippen molar-refractivity contribution < 1.29 is 4.79 Å². The van der Waals surface area contributed by atoms with E-state index in [9.17, 15) is 10.1 Å². The van der Waals surface area contributed by atoms with Crippen LogP contribution in [-0.2, 0) is 6.42 Å². The topological polar surface area (TPSA) is 68.2 Å². The molecule has 2 heterocycles. The van der Waals surface area contributed by atoms with Crippen LogP contribution in [0, 0.1) is 11.5 Å². The summed E-state index contributed by atoms with van der Waals surface area (Å²) < 4.78 is 0. The predicted octanol–water partition coefficient (Wildman–Crippen LogP) is 3.15. The van der Waals surface area contributed by atoms with E-state index in [0.717, 1.165) is 43.5 Å². The van der Waals surface area contributed by atoms with Gasteiger partial charge in [-0.25, -0.2) is 4.79 Å². The zero-order valence-electron chi connectivity index (χ0n) is 14.2. The monoisotopic (exact) mass is 358 g/mol. The second kappa shape index (κ2) is 6.76. The van der Waals surface area contributed by atoms with Crippen LogP contribution in [0.15, 0.2) is 18.2 Å². The van der Waals surface area contributed by atoms with Crippen molar-refractivity contribution in [3.63, 3.8) is 0 Å². The number of hydrogen-bond donors (Lipinski definition) is 2. The molecular weight excluding hydrogens is 336 g/mol. The quantitative estimate of drug-likeness (QED) is 0.815. The number of benzene rings is 1. The third kappa shape index (κ3) is 3.16. The van der Waals surface area contributed by atoms with E-state index >= 15 is 0 Å². The SMILES string of the molecule is N#CN1[C@H]2CC[C@@H]1[C@H](NC(=O)NC[C@@H]1CCCc3ccc(Cl)cc31)C2. The number of fused-ring (bicyclic) bond motifs is 3. The Labute approximate surface area is 153 Å². The Morgan fingerprint density at radius 2 is 2.24 bits per heavy atom. The number of carbonyl (C=O) groups excluding carboxylic acids is 1. The molecule has 0 unspecified atom stereocenters. The van der Waals surface area contributed by atoms with Crippen LogP contribution in [-0.4, -0.2) is 35.6 Å². The Kier molecular flexibility index (Phi) is 4.47. The molecule has 2 aliphatic heterocycles. The average Bonchev–Trinajstić information content (AvgIpc) is 3.16. The number of halogens is 1. The van der Waals surface area contributed by atoms with Crippen LogP contribution in [0.4, 0.5) is 4.79 Å². The number of carbonyl (C=O) groups is 1. The van der Waals surface area contributed by atoms with Crippen molar-refractivity contribution in [3.05, 3.63) is 34.3 Å². The van der Waals surface area contributed by atoms with Gasteiger partial charge in [-0.2, -0.15) is 5.26 Å². The fourth-order valence-corrected chi connectivity index (χ4v) is 5.00. The summed E-state index contributed by atoms with van der Waals surface area (Å²) in [5, 5.41) is 16.1. The minimum Gasteiger partial charge on any atom is -0.338 e. The van der Waals surface area contributed by atoms with Crippen LogP contribution < -0.4 is 10.6 Å². The van der Waals surface area contributed by atoms with Gasteiger partial charge in [0.1, 0.15) is 0 Å². The summed E-state index contributed by atoms with van der Waals surface area (Å²) in [5.41, 5.74) is 2.62. The first-order valence-electron chi connectivity index (χ1n) is 9.16. The molecule has 132 valence electrons. The van der Waals surface area contributed by atoms with Crippen LogP contribution in [0.5, 0.6) is 0 Å². The van der Waals surface area contributed by atoms with Crippen molar-refractivity contribution in [1.82, 2.24) is 15.5 Å². The van der Waals surface area contributed by atoms with Gasteiger partial charge in [-0.15, -0.1) is 0 Å². The standard InChI is InChI=1S/C19H23ClN4O/c20-14-5-4-12-2-1-3-13(16(12)8-14)10-22-19(25)23-17-9-15-6-7-18(17)24(15)11-21/h4-5,8,13,15,17-18H,1-3,6-7,9-10H2,(H2,22,23,25)/t13-,15-,17+,18+/m0/s1. The van der Waals surface area contributed by atoms with Gasteiger partial charge in [0.15, 0.2) is 6.19 Å². The maximum Gasteiger partial charge on any atom is 0.315 e. The summed E-state index contributed by atoms with van der Waals surface area (Å²) in [7, 11) is 0.